The van der Waals surface area contributed by atoms with E-state index in [-0.39, 0.29) is 14.2 Å². The van der Waals surface area contributed by atoms with Gasteiger partial charge in [0, 0.05) is 20.6 Å². The number of thiocarbonyl (C=S) groups is 1. The Morgan fingerprint density at radius 3 is 2.15 bits per heavy atom. The molecule has 0 unspecified atom stereocenters. The first-order valence-corrected chi connectivity index (χ1v) is 12.5. The number of fused-ring (bicyclic) bond motifs is 1. The fourth-order valence-corrected chi connectivity index (χ4v) is 2.72. The van der Waals surface area contributed by atoms with Crippen LogP contribution in [0.4, 0.5) is 0 Å². The van der Waals surface area contributed by atoms with Gasteiger partial charge < -0.3 is 10.8 Å². The number of nitrogens with two attached hydrogens (primary N) is 1. The molecule has 2 heterocycles. The maximum absolute atomic E-state index is 10.2. The van der Waals surface area contributed by atoms with Crippen molar-refractivity contribution in [3.05, 3.63) is 29.7 Å². The topological polar surface area (TPSA) is 76.4 Å². The first-order chi connectivity index (χ1) is 11.8. The fraction of sp³-hybridized carbons (Fsp3) is 0.632. The molecule has 3 N–H and O–H groups in total. The second kappa shape index (κ2) is 7.02. The molecule has 0 radical (unpaired) electrons. The second-order valence-corrected chi connectivity index (χ2v) is 13.6. The Bertz CT molecular complexity index is 798. The predicted octanol–water partition coefficient (Wildman–Crippen LogP) is 3.55. The Hall–Kier alpha value is -1.31. The zero-order valence-electron chi connectivity index (χ0n) is 17.0. The van der Waals surface area contributed by atoms with Crippen LogP contribution in [0.2, 0.25) is 18.1 Å². The van der Waals surface area contributed by atoms with E-state index < -0.39 is 5.60 Å². The molecule has 7 heteroatoms. The molecule has 0 aliphatic heterocycles. The zero-order chi connectivity index (χ0) is 19.9. The SMILES string of the molecule is CC(C)(O)c1cccn2c(C3(C(N)=S)CC3)nnc12.C[SiH](C)C(C)(C)C. The van der Waals surface area contributed by atoms with E-state index in [1.54, 1.807) is 13.8 Å². The molecular formula is C19H32N4OSSi. The van der Waals surface area contributed by atoms with E-state index in [0.29, 0.717) is 15.7 Å². The van der Waals surface area contributed by atoms with Crippen LogP contribution in [0.25, 0.3) is 5.65 Å². The van der Waals surface area contributed by atoms with Crippen LogP contribution in [0.5, 0.6) is 0 Å². The van der Waals surface area contributed by atoms with Gasteiger partial charge in [-0.1, -0.05) is 52.1 Å². The van der Waals surface area contributed by atoms with Crippen molar-refractivity contribution in [2.75, 3.05) is 0 Å². The molecule has 2 aromatic heterocycles. The molecule has 0 atom stereocenters. The molecule has 0 bridgehead atoms. The lowest BCUT2D eigenvalue weighted by atomic mass is 9.99. The largest absolute Gasteiger partial charge is 0.392 e. The number of pyridine rings is 1. The third-order valence-electron chi connectivity index (χ3n) is 5.48. The van der Waals surface area contributed by atoms with Gasteiger partial charge in [0.25, 0.3) is 0 Å². The van der Waals surface area contributed by atoms with E-state index in [1.165, 1.54) is 0 Å². The van der Waals surface area contributed by atoms with Crippen LogP contribution in [-0.4, -0.2) is 33.5 Å². The fourth-order valence-electron chi connectivity index (χ4n) is 2.43. The molecule has 2 aromatic rings. The molecule has 1 fully saturated rings. The van der Waals surface area contributed by atoms with E-state index in [9.17, 15) is 5.11 Å². The van der Waals surface area contributed by atoms with Crippen molar-refractivity contribution in [3.63, 3.8) is 0 Å². The maximum Gasteiger partial charge on any atom is 0.166 e. The van der Waals surface area contributed by atoms with Gasteiger partial charge in [-0.3, -0.25) is 4.40 Å². The normalized spacial score (nSPS) is 16.3. The summed E-state index contributed by atoms with van der Waals surface area (Å²) in [5.41, 5.74) is 5.96. The highest BCUT2D eigenvalue weighted by molar-refractivity contribution is 7.80. The number of nitrogens with zero attached hydrogens (tertiary/aromatic N) is 3. The summed E-state index contributed by atoms with van der Waals surface area (Å²) in [6.07, 6.45) is 3.71. The molecule has 3 rings (SSSR count). The molecule has 26 heavy (non-hydrogen) atoms. The van der Waals surface area contributed by atoms with E-state index in [2.05, 4.69) is 44.1 Å². The van der Waals surface area contributed by atoms with E-state index in [1.807, 2.05) is 22.7 Å². The zero-order valence-corrected chi connectivity index (χ0v) is 19.0. The van der Waals surface area contributed by atoms with Gasteiger partial charge in [0.2, 0.25) is 0 Å². The van der Waals surface area contributed by atoms with Crippen molar-refractivity contribution in [3.8, 4) is 0 Å². The molecule has 0 aromatic carbocycles. The highest BCUT2D eigenvalue weighted by atomic mass is 32.1. The lowest BCUT2D eigenvalue weighted by Crippen LogP contribution is -2.28. The third-order valence-corrected chi connectivity index (χ3v) is 9.33. The van der Waals surface area contributed by atoms with Crippen molar-refractivity contribution in [1.29, 1.82) is 0 Å². The van der Waals surface area contributed by atoms with Gasteiger partial charge in [-0.15, -0.1) is 10.2 Å². The van der Waals surface area contributed by atoms with Crippen molar-refractivity contribution in [1.82, 2.24) is 14.6 Å². The standard InChI is InChI=1S/C13H16N4OS.C6H16Si/c1-12(2,18)8-4-3-7-17-9(8)15-16-11(17)13(5-6-13)10(14)19;1-6(2,3)7(4)5/h3-4,7,18H,5-6H2,1-2H3,(H2,14,19);7H,1-5H3. The molecule has 144 valence electrons. The summed E-state index contributed by atoms with van der Waals surface area (Å²) in [5, 5.41) is 19.3. The molecule has 0 amide bonds. The van der Waals surface area contributed by atoms with Gasteiger partial charge in [-0.2, -0.15) is 0 Å². The van der Waals surface area contributed by atoms with E-state index >= 15 is 0 Å². The summed E-state index contributed by atoms with van der Waals surface area (Å²) < 4.78 is 1.89. The van der Waals surface area contributed by atoms with Crippen LogP contribution in [0, 0.1) is 0 Å². The third kappa shape index (κ3) is 4.15. The maximum atomic E-state index is 10.2. The van der Waals surface area contributed by atoms with Crippen molar-refractivity contribution < 1.29 is 5.11 Å². The summed E-state index contributed by atoms with van der Waals surface area (Å²) >= 11 is 5.16. The summed E-state index contributed by atoms with van der Waals surface area (Å²) in [4.78, 5) is 0.468. The van der Waals surface area contributed by atoms with Gasteiger partial charge in [0.1, 0.15) is 5.82 Å². The minimum absolute atomic E-state index is 0.313. The Morgan fingerprint density at radius 1 is 1.23 bits per heavy atom. The van der Waals surface area contributed by atoms with Crippen molar-refractivity contribution in [2.24, 2.45) is 5.73 Å². The number of hydrogen-bond donors (Lipinski definition) is 2. The summed E-state index contributed by atoms with van der Waals surface area (Å²) in [6.45, 7) is 15.2. The van der Waals surface area contributed by atoms with Crippen LogP contribution in [-0.2, 0) is 11.0 Å². The van der Waals surface area contributed by atoms with Crippen molar-refractivity contribution in [2.45, 2.75) is 76.6 Å². The Morgan fingerprint density at radius 2 is 1.77 bits per heavy atom. The number of hydrogen-bond acceptors (Lipinski definition) is 4. The number of aromatic nitrogens is 3. The van der Waals surface area contributed by atoms with Crippen LogP contribution >= 0.6 is 12.2 Å². The monoisotopic (exact) mass is 392 g/mol. The first-order valence-electron chi connectivity index (χ1n) is 9.17. The summed E-state index contributed by atoms with van der Waals surface area (Å²) in [7, 11) is -0.359. The van der Waals surface area contributed by atoms with Crippen molar-refractivity contribution >= 4 is 31.7 Å². The highest BCUT2D eigenvalue weighted by Crippen LogP contribution is 2.47. The van der Waals surface area contributed by atoms with Gasteiger partial charge in [-0.25, -0.2) is 0 Å². The van der Waals surface area contributed by atoms with Gasteiger partial charge in [-0.05, 0) is 37.8 Å². The molecular weight excluding hydrogens is 360 g/mol. The first kappa shape index (κ1) is 21.0. The lowest BCUT2D eigenvalue weighted by Gasteiger charge is -2.21. The molecule has 1 aliphatic carbocycles. The quantitative estimate of drug-likeness (QED) is 0.617. The Balaban J connectivity index is 0.000000298. The lowest BCUT2D eigenvalue weighted by molar-refractivity contribution is 0.0796. The number of rotatable bonds is 3. The average molecular weight is 393 g/mol. The van der Waals surface area contributed by atoms with Gasteiger partial charge in [0.15, 0.2) is 5.65 Å². The predicted molar refractivity (Wildman–Crippen MR) is 115 cm³/mol. The molecule has 0 saturated heterocycles. The second-order valence-electron chi connectivity index (χ2n) is 9.17. The van der Waals surface area contributed by atoms with Crippen LogP contribution in [0.3, 0.4) is 0 Å². The van der Waals surface area contributed by atoms with Gasteiger partial charge >= 0.3 is 0 Å². The van der Waals surface area contributed by atoms with Crippen LogP contribution in [0.1, 0.15) is 58.8 Å². The molecule has 1 aliphatic rings. The van der Waals surface area contributed by atoms with Crippen LogP contribution in [0.15, 0.2) is 18.3 Å². The molecule has 1 saturated carbocycles. The Kier molecular flexibility index (Phi) is 5.66. The summed E-state index contributed by atoms with van der Waals surface area (Å²) in [6, 6.07) is 3.73. The minimum atomic E-state index is -0.966. The molecule has 0 spiro atoms. The molecule has 5 nitrogen and oxygen atoms in total. The average Bonchev–Trinajstić information content (AvgIpc) is 3.19. The van der Waals surface area contributed by atoms with E-state index in [4.69, 9.17) is 18.0 Å². The Labute approximate surface area is 163 Å². The van der Waals surface area contributed by atoms with Crippen LogP contribution < -0.4 is 5.73 Å². The smallest absolute Gasteiger partial charge is 0.166 e. The highest BCUT2D eigenvalue weighted by Gasteiger charge is 2.51. The van der Waals surface area contributed by atoms with E-state index in [0.717, 1.165) is 24.2 Å². The minimum Gasteiger partial charge on any atom is -0.392 e. The number of aliphatic hydroxyl groups is 1. The van der Waals surface area contributed by atoms with Gasteiger partial charge in [0.05, 0.1) is 16.0 Å². The summed E-state index contributed by atoms with van der Waals surface area (Å²) in [5.74, 6) is 0.779.